The largest absolute Gasteiger partial charge is 0.250 e. The molecule has 0 amide bonds. The Bertz CT molecular complexity index is 568. The fourth-order valence-corrected chi connectivity index (χ4v) is 1.78. The van der Waals surface area contributed by atoms with Crippen molar-refractivity contribution in [2.75, 3.05) is 0 Å². The molecule has 0 aliphatic heterocycles. The van der Waals surface area contributed by atoms with Gasteiger partial charge < -0.3 is 0 Å². The minimum atomic E-state index is -1.77. The van der Waals surface area contributed by atoms with E-state index in [9.17, 15) is 0 Å². The van der Waals surface area contributed by atoms with Crippen molar-refractivity contribution in [2.24, 2.45) is 0 Å². The first kappa shape index (κ1) is 15.1. The third-order valence-corrected chi connectivity index (χ3v) is 3.03. The fraction of sp³-hybridized carbons (Fsp3) is 0.182. The summed E-state index contributed by atoms with van der Waals surface area (Å²) in [6.07, 6.45) is 0. The molecule has 0 aliphatic rings. The first-order valence-corrected chi connectivity index (χ1v) is 7.05. The highest BCUT2D eigenvalue weighted by molar-refractivity contribution is 6.66. The molecule has 2 rings (SSSR count). The number of alkyl halides is 5. The van der Waals surface area contributed by atoms with Crippen LogP contribution in [0.15, 0.2) is 30.3 Å². The van der Waals surface area contributed by atoms with E-state index < -0.39 is 8.63 Å². The van der Waals surface area contributed by atoms with Crippen molar-refractivity contribution in [1.82, 2.24) is 15.0 Å². The first-order chi connectivity index (χ1) is 8.88. The molecular weight excluding hydrogens is 351 g/mol. The van der Waals surface area contributed by atoms with Gasteiger partial charge in [0, 0.05) is 5.56 Å². The number of nitrogens with zero attached hydrogens (tertiary/aromatic N) is 3. The monoisotopic (exact) mass is 355 g/mol. The first-order valence-electron chi connectivity index (χ1n) is 5.04. The second kappa shape index (κ2) is 5.98. The summed E-state index contributed by atoms with van der Waals surface area (Å²) in [5.74, 6) is 0.462. The summed E-state index contributed by atoms with van der Waals surface area (Å²) in [5.41, 5.74) is 0.746. The molecule has 8 heteroatoms. The molecule has 1 aromatic carbocycles. The molecule has 0 fully saturated rings. The normalized spacial score (nSPS) is 11.9. The van der Waals surface area contributed by atoms with E-state index in [2.05, 4.69) is 15.0 Å². The molecule has 0 unspecified atom stereocenters. The van der Waals surface area contributed by atoms with Crippen molar-refractivity contribution >= 4 is 58.0 Å². The van der Waals surface area contributed by atoms with Crippen LogP contribution in [0.4, 0.5) is 0 Å². The molecule has 19 heavy (non-hydrogen) atoms. The zero-order valence-electron chi connectivity index (χ0n) is 9.20. The van der Waals surface area contributed by atoms with Gasteiger partial charge in [0.25, 0.3) is 0 Å². The van der Waals surface area contributed by atoms with Gasteiger partial charge in [-0.2, -0.15) is 0 Å². The van der Waals surface area contributed by atoms with Crippen LogP contribution in [0.5, 0.6) is 0 Å². The van der Waals surface area contributed by atoms with Crippen LogP contribution in [0, 0.1) is 0 Å². The van der Waals surface area contributed by atoms with E-state index >= 15 is 0 Å². The zero-order chi connectivity index (χ0) is 14.0. The van der Waals surface area contributed by atoms with Crippen molar-refractivity contribution in [3.63, 3.8) is 0 Å². The number of aromatic nitrogens is 3. The van der Waals surface area contributed by atoms with Gasteiger partial charge in [-0.05, 0) is 0 Å². The molecule has 0 N–H and O–H groups in total. The summed E-state index contributed by atoms with van der Waals surface area (Å²) >= 11 is 28.9. The highest BCUT2D eigenvalue weighted by atomic mass is 35.6. The number of benzene rings is 1. The topological polar surface area (TPSA) is 38.7 Å². The molecule has 0 aliphatic carbocycles. The Balaban J connectivity index is 2.59. The van der Waals surface area contributed by atoms with Crippen molar-refractivity contribution in [3.8, 4) is 11.4 Å². The van der Waals surface area contributed by atoms with Crippen LogP contribution in [0.3, 0.4) is 0 Å². The quantitative estimate of drug-likeness (QED) is 0.722. The summed E-state index contributed by atoms with van der Waals surface area (Å²) < 4.78 is -1.77. The van der Waals surface area contributed by atoms with Gasteiger partial charge in [0.15, 0.2) is 22.3 Å². The Morgan fingerprint density at radius 2 is 1.53 bits per heavy atom. The number of hydrogen-bond acceptors (Lipinski definition) is 3. The lowest BCUT2D eigenvalue weighted by Gasteiger charge is -2.12. The van der Waals surface area contributed by atoms with E-state index in [4.69, 9.17) is 58.0 Å². The predicted molar refractivity (Wildman–Crippen MR) is 78.9 cm³/mol. The Kier molecular flexibility index (Phi) is 4.75. The van der Waals surface area contributed by atoms with Gasteiger partial charge in [-0.15, -0.1) is 0 Å². The van der Waals surface area contributed by atoms with E-state index in [1.54, 1.807) is 0 Å². The minimum absolute atomic E-state index is 0.0207. The predicted octanol–water partition coefficient (Wildman–Crippen LogP) is 4.84. The van der Waals surface area contributed by atoms with Crippen LogP contribution >= 0.6 is 58.0 Å². The molecule has 0 bridgehead atoms. The lowest BCUT2D eigenvalue weighted by atomic mass is 10.2. The van der Waals surface area contributed by atoms with Crippen molar-refractivity contribution in [2.45, 2.75) is 8.63 Å². The second-order valence-corrected chi connectivity index (χ2v) is 6.88. The fourth-order valence-electron chi connectivity index (χ4n) is 1.33. The maximum atomic E-state index is 5.79. The van der Waals surface area contributed by atoms with Gasteiger partial charge in [0.05, 0.1) is 0 Å². The lowest BCUT2D eigenvalue weighted by molar-refractivity contribution is 0.869. The average Bonchev–Trinajstić information content (AvgIpc) is 2.38. The molecule has 0 radical (unpaired) electrons. The smallest absolute Gasteiger partial charge is 0.210 e. The van der Waals surface area contributed by atoms with Gasteiger partial charge in [-0.3, -0.25) is 0 Å². The maximum absolute atomic E-state index is 5.79. The van der Waals surface area contributed by atoms with E-state index in [0.717, 1.165) is 5.56 Å². The van der Waals surface area contributed by atoms with Gasteiger partial charge in [0.1, 0.15) is 0 Å². The highest BCUT2D eigenvalue weighted by Gasteiger charge is 2.29. The van der Waals surface area contributed by atoms with Gasteiger partial charge >= 0.3 is 0 Å². The summed E-state index contributed by atoms with van der Waals surface area (Å²) in [5, 5.41) is 0. The Labute approximate surface area is 134 Å². The van der Waals surface area contributed by atoms with Crippen molar-refractivity contribution in [1.29, 1.82) is 0 Å². The summed E-state index contributed by atoms with van der Waals surface area (Å²) in [6.45, 7) is 0. The van der Waals surface area contributed by atoms with Crippen LogP contribution in [-0.4, -0.2) is 15.0 Å². The molecule has 0 saturated heterocycles. The Hall–Kier alpha value is -0.320. The highest BCUT2D eigenvalue weighted by Crippen LogP contribution is 2.37. The van der Waals surface area contributed by atoms with Crippen molar-refractivity contribution < 1.29 is 0 Å². The molecule has 3 nitrogen and oxygen atoms in total. The third-order valence-electron chi connectivity index (χ3n) is 2.13. The summed E-state index contributed by atoms with van der Waals surface area (Å²) in [6, 6.07) is 9.18. The van der Waals surface area contributed by atoms with Crippen LogP contribution < -0.4 is 0 Å². The van der Waals surface area contributed by atoms with Crippen molar-refractivity contribution in [3.05, 3.63) is 42.0 Å². The molecule has 100 valence electrons. The Morgan fingerprint density at radius 3 is 2.05 bits per heavy atom. The SMILES string of the molecule is ClC(Cl)c1nc(-c2ccccc2)nc(C(Cl)(Cl)Cl)n1. The standard InChI is InChI=1S/C11H6Cl5N3/c12-7(13)9-17-8(6-4-2-1-3-5-6)18-10(19-9)11(14,15)16/h1-5,7H. The van der Waals surface area contributed by atoms with E-state index in [1.165, 1.54) is 0 Å². The van der Waals surface area contributed by atoms with Crippen LogP contribution in [0.2, 0.25) is 0 Å². The summed E-state index contributed by atoms with van der Waals surface area (Å²) in [4.78, 5) is 11.3. The van der Waals surface area contributed by atoms with Gasteiger partial charge in [0.2, 0.25) is 3.79 Å². The van der Waals surface area contributed by atoms with Gasteiger partial charge in [-0.1, -0.05) is 88.3 Å². The van der Waals surface area contributed by atoms with E-state index in [1.807, 2.05) is 30.3 Å². The zero-order valence-corrected chi connectivity index (χ0v) is 13.0. The maximum Gasteiger partial charge on any atom is 0.250 e. The number of halogens is 5. The van der Waals surface area contributed by atoms with E-state index in [-0.39, 0.29) is 11.6 Å². The molecule has 0 atom stereocenters. The van der Waals surface area contributed by atoms with Crippen LogP contribution in [0.25, 0.3) is 11.4 Å². The van der Waals surface area contributed by atoms with Crippen LogP contribution in [0.1, 0.15) is 16.5 Å². The molecule has 0 spiro atoms. The third kappa shape index (κ3) is 3.83. The second-order valence-electron chi connectivity index (χ2n) is 3.51. The molecular formula is C11H6Cl5N3. The molecule has 1 aromatic heterocycles. The molecule has 2 aromatic rings. The summed E-state index contributed by atoms with van der Waals surface area (Å²) in [7, 11) is 0. The minimum Gasteiger partial charge on any atom is -0.210 e. The van der Waals surface area contributed by atoms with Crippen LogP contribution in [-0.2, 0) is 3.79 Å². The Morgan fingerprint density at radius 1 is 0.895 bits per heavy atom. The molecule has 1 heterocycles. The van der Waals surface area contributed by atoms with E-state index in [0.29, 0.717) is 5.82 Å². The van der Waals surface area contributed by atoms with Gasteiger partial charge in [-0.25, -0.2) is 15.0 Å². The molecule has 0 saturated carbocycles. The number of rotatable bonds is 2. The number of hydrogen-bond donors (Lipinski definition) is 0. The lowest BCUT2D eigenvalue weighted by Crippen LogP contribution is -2.12. The average molecular weight is 357 g/mol.